The summed E-state index contributed by atoms with van der Waals surface area (Å²) in [6.45, 7) is 0.185. The topological polar surface area (TPSA) is 77.2 Å². The van der Waals surface area contributed by atoms with Crippen LogP contribution in [0.4, 0.5) is 5.69 Å². The van der Waals surface area contributed by atoms with Gasteiger partial charge in [0.15, 0.2) is 0 Å². The van der Waals surface area contributed by atoms with Crippen LogP contribution in [0.5, 0.6) is 0 Å². The number of nitrogens with zero attached hydrogens (tertiary/aromatic N) is 1. The molecule has 0 spiro atoms. The molecule has 0 aliphatic carbocycles. The van der Waals surface area contributed by atoms with Gasteiger partial charge in [-0.25, -0.2) is 0 Å². The Bertz CT molecular complexity index is 551. The summed E-state index contributed by atoms with van der Waals surface area (Å²) in [6.07, 6.45) is 1.69. The normalized spacial score (nSPS) is 12.3. The van der Waals surface area contributed by atoms with Crippen molar-refractivity contribution < 1.29 is 9.53 Å². The Labute approximate surface area is 105 Å². The molecule has 5 heteroatoms. The number of anilines is 1. The van der Waals surface area contributed by atoms with Gasteiger partial charge in [0.05, 0.1) is 17.8 Å². The molecule has 18 heavy (non-hydrogen) atoms. The van der Waals surface area contributed by atoms with E-state index in [2.05, 4.69) is 10.3 Å². The fraction of sp³-hybridized carbons (Fsp3) is 0.231. The minimum atomic E-state index is -0.686. The zero-order chi connectivity index (χ0) is 13.0. The van der Waals surface area contributed by atoms with Crippen LogP contribution in [-0.2, 0) is 9.53 Å². The molecule has 2 rings (SSSR count). The predicted molar refractivity (Wildman–Crippen MR) is 70.2 cm³/mol. The van der Waals surface area contributed by atoms with Crippen molar-refractivity contribution in [2.75, 3.05) is 19.0 Å². The van der Waals surface area contributed by atoms with Crippen molar-refractivity contribution in [3.8, 4) is 0 Å². The molecule has 0 bridgehead atoms. The molecule has 3 N–H and O–H groups in total. The summed E-state index contributed by atoms with van der Waals surface area (Å²) in [7, 11) is 1.51. The van der Waals surface area contributed by atoms with Gasteiger partial charge in [-0.2, -0.15) is 0 Å². The molecule has 94 valence electrons. The highest BCUT2D eigenvalue weighted by atomic mass is 16.5. The lowest BCUT2D eigenvalue weighted by Gasteiger charge is -2.12. The number of rotatable bonds is 4. The van der Waals surface area contributed by atoms with Gasteiger partial charge in [0.2, 0.25) is 5.91 Å². The first-order valence-corrected chi connectivity index (χ1v) is 5.61. The smallest absolute Gasteiger partial charge is 0.243 e. The number of ether oxygens (including phenoxy) is 1. The SMILES string of the molecule is COCC(N)C(=O)Nc1cccc2cccnc12. The molecule has 2 aromatic rings. The zero-order valence-corrected chi connectivity index (χ0v) is 10.1. The second-order valence-electron chi connectivity index (χ2n) is 3.93. The van der Waals surface area contributed by atoms with Crippen LogP contribution < -0.4 is 11.1 Å². The van der Waals surface area contributed by atoms with Crippen molar-refractivity contribution in [3.05, 3.63) is 36.5 Å². The molecule has 0 radical (unpaired) electrons. The number of carbonyl (C=O) groups is 1. The molecule has 0 saturated heterocycles. The van der Waals surface area contributed by atoms with E-state index in [4.69, 9.17) is 10.5 Å². The summed E-state index contributed by atoms with van der Waals surface area (Å²) in [6, 6.07) is 8.70. The van der Waals surface area contributed by atoms with E-state index in [1.54, 1.807) is 12.3 Å². The Morgan fingerprint density at radius 2 is 2.22 bits per heavy atom. The maximum absolute atomic E-state index is 11.8. The molecular formula is C13H15N3O2. The summed E-state index contributed by atoms with van der Waals surface area (Å²) < 4.78 is 4.85. The Morgan fingerprint density at radius 3 is 3.00 bits per heavy atom. The standard InChI is InChI=1S/C13H15N3O2/c1-18-8-10(14)13(17)16-11-6-2-4-9-5-3-7-15-12(9)11/h2-7,10H,8,14H2,1H3,(H,16,17). The van der Waals surface area contributed by atoms with Gasteiger partial charge in [0.25, 0.3) is 0 Å². The summed E-state index contributed by atoms with van der Waals surface area (Å²) in [4.78, 5) is 16.1. The lowest BCUT2D eigenvalue weighted by Crippen LogP contribution is -2.39. The first-order chi connectivity index (χ1) is 8.72. The van der Waals surface area contributed by atoms with Crippen molar-refractivity contribution in [1.29, 1.82) is 0 Å². The van der Waals surface area contributed by atoms with Gasteiger partial charge < -0.3 is 15.8 Å². The van der Waals surface area contributed by atoms with E-state index >= 15 is 0 Å². The molecular weight excluding hydrogens is 230 g/mol. The van der Waals surface area contributed by atoms with E-state index < -0.39 is 6.04 Å². The summed E-state index contributed by atoms with van der Waals surface area (Å²) >= 11 is 0. The number of pyridine rings is 1. The molecule has 0 fully saturated rings. The molecule has 1 unspecified atom stereocenters. The van der Waals surface area contributed by atoms with Gasteiger partial charge in [0.1, 0.15) is 6.04 Å². The lowest BCUT2D eigenvalue weighted by molar-refractivity contribution is -0.118. The number of methoxy groups -OCH3 is 1. The summed E-state index contributed by atoms with van der Waals surface area (Å²) in [5, 5.41) is 3.73. The second kappa shape index (κ2) is 5.57. The molecule has 5 nitrogen and oxygen atoms in total. The van der Waals surface area contributed by atoms with E-state index in [1.165, 1.54) is 7.11 Å². The second-order valence-corrected chi connectivity index (χ2v) is 3.93. The minimum Gasteiger partial charge on any atom is -0.383 e. The number of amides is 1. The van der Waals surface area contributed by atoms with Gasteiger partial charge in [-0.15, -0.1) is 0 Å². The lowest BCUT2D eigenvalue weighted by atomic mass is 10.2. The van der Waals surface area contributed by atoms with Crippen LogP contribution in [0.25, 0.3) is 10.9 Å². The monoisotopic (exact) mass is 245 g/mol. The number of benzene rings is 1. The first kappa shape index (κ1) is 12.5. The fourth-order valence-electron chi connectivity index (χ4n) is 1.69. The Balaban J connectivity index is 2.24. The maximum atomic E-state index is 11.8. The Morgan fingerprint density at radius 1 is 1.44 bits per heavy atom. The molecule has 1 heterocycles. The molecule has 0 aliphatic rings. The van der Waals surface area contributed by atoms with Gasteiger partial charge in [-0.05, 0) is 12.1 Å². The summed E-state index contributed by atoms with van der Waals surface area (Å²) in [5.41, 5.74) is 7.07. The van der Waals surface area contributed by atoms with Gasteiger partial charge in [-0.1, -0.05) is 18.2 Å². The number of aromatic nitrogens is 1. The van der Waals surface area contributed by atoms with Crippen LogP contribution in [0.1, 0.15) is 0 Å². The number of nitrogens with one attached hydrogen (secondary N) is 1. The van der Waals surface area contributed by atoms with Crippen molar-refractivity contribution in [3.63, 3.8) is 0 Å². The zero-order valence-electron chi connectivity index (χ0n) is 10.1. The van der Waals surface area contributed by atoms with Crippen molar-refractivity contribution >= 4 is 22.5 Å². The van der Waals surface area contributed by atoms with Crippen molar-refractivity contribution in [1.82, 2.24) is 4.98 Å². The molecule has 1 atom stereocenters. The Hall–Kier alpha value is -1.98. The van der Waals surface area contributed by atoms with Crippen LogP contribution >= 0.6 is 0 Å². The number of nitrogens with two attached hydrogens (primary N) is 1. The number of hydrogen-bond acceptors (Lipinski definition) is 4. The van der Waals surface area contributed by atoms with Gasteiger partial charge in [0, 0.05) is 18.7 Å². The average molecular weight is 245 g/mol. The highest BCUT2D eigenvalue weighted by molar-refractivity contribution is 6.02. The third-order valence-corrected chi connectivity index (χ3v) is 2.57. The quantitative estimate of drug-likeness (QED) is 0.847. The van der Waals surface area contributed by atoms with Gasteiger partial charge in [-0.3, -0.25) is 9.78 Å². The minimum absolute atomic E-state index is 0.185. The molecule has 1 amide bonds. The Kier molecular flexibility index (Phi) is 3.86. The summed E-state index contributed by atoms with van der Waals surface area (Å²) in [5.74, 6) is -0.282. The number of carbonyl (C=O) groups excluding carboxylic acids is 1. The number of para-hydroxylation sites is 1. The third kappa shape index (κ3) is 2.64. The third-order valence-electron chi connectivity index (χ3n) is 2.57. The van der Waals surface area contributed by atoms with E-state index in [1.807, 2.05) is 24.3 Å². The average Bonchev–Trinajstić information content (AvgIpc) is 2.39. The molecule has 1 aromatic heterocycles. The number of hydrogen-bond donors (Lipinski definition) is 2. The largest absolute Gasteiger partial charge is 0.383 e. The number of fused-ring (bicyclic) bond motifs is 1. The molecule has 0 aliphatic heterocycles. The fourth-order valence-corrected chi connectivity index (χ4v) is 1.69. The van der Waals surface area contributed by atoms with E-state index in [-0.39, 0.29) is 12.5 Å². The van der Waals surface area contributed by atoms with Crippen LogP contribution in [-0.4, -0.2) is 30.6 Å². The van der Waals surface area contributed by atoms with E-state index in [9.17, 15) is 4.79 Å². The van der Waals surface area contributed by atoms with Crippen molar-refractivity contribution in [2.24, 2.45) is 5.73 Å². The van der Waals surface area contributed by atoms with Crippen LogP contribution in [0.15, 0.2) is 36.5 Å². The van der Waals surface area contributed by atoms with Crippen LogP contribution in [0, 0.1) is 0 Å². The first-order valence-electron chi connectivity index (χ1n) is 5.61. The van der Waals surface area contributed by atoms with Crippen LogP contribution in [0.2, 0.25) is 0 Å². The van der Waals surface area contributed by atoms with Gasteiger partial charge >= 0.3 is 0 Å². The highest BCUT2D eigenvalue weighted by Crippen LogP contribution is 2.20. The van der Waals surface area contributed by atoms with Crippen LogP contribution in [0.3, 0.4) is 0 Å². The van der Waals surface area contributed by atoms with E-state index in [0.717, 1.165) is 10.9 Å². The predicted octanol–water partition coefficient (Wildman–Crippen LogP) is 1.15. The highest BCUT2D eigenvalue weighted by Gasteiger charge is 2.14. The molecule has 1 aromatic carbocycles. The van der Waals surface area contributed by atoms with E-state index in [0.29, 0.717) is 5.69 Å². The maximum Gasteiger partial charge on any atom is 0.243 e. The molecule has 0 saturated carbocycles. The van der Waals surface area contributed by atoms with Crippen molar-refractivity contribution in [2.45, 2.75) is 6.04 Å².